The average Bonchev–Trinajstić information content (AvgIpc) is 3.10. The molecule has 1 saturated carbocycles. The van der Waals surface area contributed by atoms with Gasteiger partial charge in [-0.3, -0.25) is 4.99 Å². The molecule has 2 aromatic carbocycles. The van der Waals surface area contributed by atoms with Crippen molar-refractivity contribution >= 4 is 28.1 Å². The van der Waals surface area contributed by atoms with Gasteiger partial charge in [0.1, 0.15) is 5.84 Å². The molecule has 0 unspecified atom stereocenters. The summed E-state index contributed by atoms with van der Waals surface area (Å²) in [7, 11) is 0. The zero-order chi connectivity index (χ0) is 21.2. The van der Waals surface area contributed by atoms with E-state index in [4.69, 9.17) is 9.98 Å². The van der Waals surface area contributed by atoms with E-state index < -0.39 is 0 Å². The summed E-state index contributed by atoms with van der Waals surface area (Å²) < 4.78 is 2.35. The Morgan fingerprint density at radius 1 is 1.10 bits per heavy atom. The van der Waals surface area contributed by atoms with Crippen molar-refractivity contribution in [3.63, 3.8) is 0 Å². The second kappa shape index (κ2) is 8.70. The van der Waals surface area contributed by atoms with Crippen LogP contribution in [0.4, 0.5) is 5.69 Å². The van der Waals surface area contributed by atoms with E-state index in [0.29, 0.717) is 6.54 Å². The standard InChI is InChI=1S/C27H32N4/c1-3-9-21-12-7-8-13-22(21)27-28-16-19(2)23-14-26-25(15-24(23)30-27)29-18-31(26)17-20-10-5-4-6-11-20/h7-8,12-15,18,20H,2-6,9-11,16-17H2,1H3,(H,28,30). The summed E-state index contributed by atoms with van der Waals surface area (Å²) in [6.07, 6.45) is 11.0. The molecule has 160 valence electrons. The van der Waals surface area contributed by atoms with Crippen LogP contribution in [0.25, 0.3) is 16.6 Å². The van der Waals surface area contributed by atoms with Gasteiger partial charge < -0.3 is 9.88 Å². The predicted molar refractivity (Wildman–Crippen MR) is 131 cm³/mol. The molecule has 5 rings (SSSR count). The molecule has 0 atom stereocenters. The zero-order valence-corrected chi connectivity index (χ0v) is 18.5. The van der Waals surface area contributed by atoms with Crippen LogP contribution in [0.1, 0.15) is 62.1 Å². The number of nitrogens with one attached hydrogen (secondary N) is 1. The summed E-state index contributed by atoms with van der Waals surface area (Å²) in [5.41, 5.74) is 8.04. The fraction of sp³-hybridized carbons (Fsp3) is 0.407. The minimum absolute atomic E-state index is 0.609. The average molecular weight is 413 g/mol. The number of amidine groups is 1. The van der Waals surface area contributed by atoms with E-state index in [-0.39, 0.29) is 0 Å². The summed E-state index contributed by atoms with van der Waals surface area (Å²) in [6.45, 7) is 8.26. The van der Waals surface area contributed by atoms with Gasteiger partial charge in [0.2, 0.25) is 0 Å². The lowest BCUT2D eigenvalue weighted by molar-refractivity contribution is 0.322. The molecule has 1 aliphatic heterocycles. The molecule has 0 saturated heterocycles. The van der Waals surface area contributed by atoms with Crippen molar-refractivity contribution in [1.29, 1.82) is 0 Å². The molecule has 2 heterocycles. The molecule has 31 heavy (non-hydrogen) atoms. The minimum atomic E-state index is 0.609. The largest absolute Gasteiger partial charge is 0.339 e. The van der Waals surface area contributed by atoms with Crippen molar-refractivity contribution in [2.45, 2.75) is 58.4 Å². The van der Waals surface area contributed by atoms with Gasteiger partial charge in [0, 0.05) is 23.4 Å². The number of aryl methyl sites for hydroxylation is 1. The summed E-state index contributed by atoms with van der Waals surface area (Å²) in [5.74, 6) is 1.71. The molecular weight excluding hydrogens is 380 g/mol. The summed E-state index contributed by atoms with van der Waals surface area (Å²) in [5, 5.41) is 3.63. The predicted octanol–water partition coefficient (Wildman–Crippen LogP) is 6.45. The number of rotatable bonds is 5. The normalized spacial score (nSPS) is 17.2. The lowest BCUT2D eigenvalue weighted by Crippen LogP contribution is -2.16. The Hall–Kier alpha value is -2.88. The smallest absolute Gasteiger partial charge is 0.133 e. The van der Waals surface area contributed by atoms with Crippen molar-refractivity contribution < 1.29 is 0 Å². The van der Waals surface area contributed by atoms with Gasteiger partial charge in [-0.2, -0.15) is 0 Å². The van der Waals surface area contributed by atoms with E-state index in [9.17, 15) is 0 Å². The number of nitrogens with zero attached hydrogens (tertiary/aromatic N) is 3. The van der Waals surface area contributed by atoms with Crippen LogP contribution >= 0.6 is 0 Å². The van der Waals surface area contributed by atoms with Crippen molar-refractivity contribution in [2.24, 2.45) is 10.9 Å². The zero-order valence-electron chi connectivity index (χ0n) is 18.5. The number of benzene rings is 2. The number of fused-ring (bicyclic) bond motifs is 2. The molecule has 1 N–H and O–H groups in total. The Bertz CT molecular complexity index is 1130. The molecule has 4 heteroatoms. The van der Waals surface area contributed by atoms with Crippen LogP contribution in [0, 0.1) is 5.92 Å². The first-order valence-electron chi connectivity index (χ1n) is 11.8. The number of imidazole rings is 1. The number of hydrogen-bond acceptors (Lipinski definition) is 3. The molecule has 2 aliphatic rings. The number of anilines is 1. The van der Waals surface area contributed by atoms with Crippen LogP contribution in [-0.4, -0.2) is 21.9 Å². The molecule has 1 aromatic heterocycles. The van der Waals surface area contributed by atoms with Crippen molar-refractivity contribution in [3.05, 3.63) is 66.0 Å². The number of aliphatic imine (C=N–C) groups is 1. The van der Waals surface area contributed by atoms with Gasteiger partial charge in [-0.05, 0) is 48.4 Å². The van der Waals surface area contributed by atoms with Crippen LogP contribution in [0.3, 0.4) is 0 Å². The third kappa shape index (κ3) is 4.04. The third-order valence-electron chi connectivity index (χ3n) is 6.79. The van der Waals surface area contributed by atoms with Crippen molar-refractivity contribution in [1.82, 2.24) is 9.55 Å². The van der Waals surface area contributed by atoms with E-state index in [1.165, 1.54) is 48.7 Å². The second-order valence-electron chi connectivity index (χ2n) is 9.09. The molecule has 3 aromatic rings. The lowest BCUT2D eigenvalue weighted by Gasteiger charge is -2.22. The molecule has 1 fully saturated rings. The van der Waals surface area contributed by atoms with E-state index in [2.05, 4.69) is 59.8 Å². The minimum Gasteiger partial charge on any atom is -0.339 e. The van der Waals surface area contributed by atoms with Crippen LogP contribution in [0.5, 0.6) is 0 Å². The summed E-state index contributed by atoms with van der Waals surface area (Å²) >= 11 is 0. The highest BCUT2D eigenvalue weighted by atomic mass is 15.1. The van der Waals surface area contributed by atoms with Crippen LogP contribution < -0.4 is 5.32 Å². The first-order chi connectivity index (χ1) is 15.2. The SMILES string of the molecule is C=C1CN=C(c2ccccc2CCC)Nc2cc3ncn(CC4CCCCC4)c3cc21. The third-order valence-corrected chi connectivity index (χ3v) is 6.79. The molecule has 0 spiro atoms. The second-order valence-corrected chi connectivity index (χ2v) is 9.09. The van der Waals surface area contributed by atoms with Crippen LogP contribution in [0.15, 0.2) is 54.3 Å². The van der Waals surface area contributed by atoms with Gasteiger partial charge in [0.25, 0.3) is 0 Å². The number of hydrogen-bond donors (Lipinski definition) is 1. The Kier molecular flexibility index (Phi) is 5.63. The first-order valence-corrected chi connectivity index (χ1v) is 11.8. The van der Waals surface area contributed by atoms with Gasteiger partial charge in [-0.25, -0.2) is 4.98 Å². The Morgan fingerprint density at radius 2 is 1.94 bits per heavy atom. The maximum Gasteiger partial charge on any atom is 0.133 e. The monoisotopic (exact) mass is 412 g/mol. The van der Waals surface area contributed by atoms with Crippen LogP contribution in [-0.2, 0) is 13.0 Å². The van der Waals surface area contributed by atoms with Gasteiger partial charge in [0.15, 0.2) is 0 Å². The summed E-state index contributed by atoms with van der Waals surface area (Å²) in [6, 6.07) is 13.0. The molecule has 0 bridgehead atoms. The maximum absolute atomic E-state index is 4.90. The first kappa shape index (κ1) is 20.0. The van der Waals surface area contributed by atoms with E-state index in [0.717, 1.165) is 53.5 Å². The molecule has 4 nitrogen and oxygen atoms in total. The Morgan fingerprint density at radius 3 is 2.77 bits per heavy atom. The topological polar surface area (TPSA) is 42.2 Å². The maximum atomic E-state index is 4.90. The highest BCUT2D eigenvalue weighted by Crippen LogP contribution is 2.33. The van der Waals surface area contributed by atoms with Crippen molar-refractivity contribution in [2.75, 3.05) is 11.9 Å². The Labute approximate surface area is 185 Å². The Balaban J connectivity index is 1.49. The van der Waals surface area contributed by atoms with E-state index in [1.54, 1.807) is 0 Å². The highest BCUT2D eigenvalue weighted by molar-refractivity contribution is 6.12. The molecule has 0 radical (unpaired) electrons. The van der Waals surface area contributed by atoms with Gasteiger partial charge >= 0.3 is 0 Å². The molecular formula is C27H32N4. The van der Waals surface area contributed by atoms with Gasteiger partial charge in [-0.15, -0.1) is 0 Å². The fourth-order valence-electron chi connectivity index (χ4n) is 5.11. The summed E-state index contributed by atoms with van der Waals surface area (Å²) in [4.78, 5) is 9.65. The molecule has 1 aliphatic carbocycles. The lowest BCUT2D eigenvalue weighted by atomic mass is 9.89. The van der Waals surface area contributed by atoms with Gasteiger partial charge in [-0.1, -0.05) is 63.5 Å². The fourth-order valence-corrected chi connectivity index (χ4v) is 5.11. The number of aromatic nitrogens is 2. The van der Waals surface area contributed by atoms with Crippen molar-refractivity contribution in [3.8, 4) is 0 Å². The quantitative estimate of drug-likeness (QED) is 0.523. The van der Waals surface area contributed by atoms with Crippen LogP contribution in [0.2, 0.25) is 0 Å². The van der Waals surface area contributed by atoms with E-state index >= 15 is 0 Å². The molecule has 0 amide bonds. The van der Waals surface area contributed by atoms with E-state index in [1.807, 2.05) is 6.33 Å². The highest BCUT2D eigenvalue weighted by Gasteiger charge is 2.20. The van der Waals surface area contributed by atoms with Gasteiger partial charge in [0.05, 0.1) is 23.9 Å².